The van der Waals surface area contributed by atoms with Crippen molar-refractivity contribution in [2.75, 3.05) is 5.32 Å². The highest BCUT2D eigenvalue weighted by molar-refractivity contribution is 5.90. The minimum absolute atomic E-state index is 0.206. The first kappa shape index (κ1) is 19.1. The topological polar surface area (TPSA) is 32.3 Å². The van der Waals surface area contributed by atoms with Gasteiger partial charge < -0.3 is 10.2 Å². The summed E-state index contributed by atoms with van der Waals surface area (Å²) in [6, 6.07) is 5.06. The summed E-state index contributed by atoms with van der Waals surface area (Å²) in [5, 5.41) is 2.74. The Bertz CT molecular complexity index is 587. The number of alkyl halides is 3. The number of halogens is 3. The zero-order chi connectivity index (χ0) is 18.6. The van der Waals surface area contributed by atoms with Gasteiger partial charge in [0.05, 0.1) is 5.56 Å². The largest absolute Gasteiger partial charge is 0.416 e. The summed E-state index contributed by atoms with van der Waals surface area (Å²) in [6.07, 6.45) is 6.42. The number of rotatable bonds is 3. The van der Waals surface area contributed by atoms with Crippen LogP contribution in [-0.4, -0.2) is 23.0 Å². The molecule has 3 nitrogen and oxygen atoms in total. The van der Waals surface area contributed by atoms with E-state index in [1.165, 1.54) is 25.0 Å². The fourth-order valence-corrected chi connectivity index (χ4v) is 4.31. The molecular formula is C20H27F3N2O. The molecule has 0 aliphatic heterocycles. The molecule has 0 atom stereocenters. The van der Waals surface area contributed by atoms with Crippen molar-refractivity contribution in [3.8, 4) is 0 Å². The summed E-state index contributed by atoms with van der Waals surface area (Å²) in [7, 11) is 0. The van der Waals surface area contributed by atoms with Gasteiger partial charge in [-0.1, -0.05) is 44.6 Å². The SMILES string of the molecule is O=C(Nc1cccc(C(F)(F)F)c1)N(C1CCCCC1)C1CCCCC1. The minimum atomic E-state index is -4.41. The maximum absolute atomic E-state index is 13.0. The van der Waals surface area contributed by atoms with Crippen LogP contribution in [-0.2, 0) is 6.18 Å². The molecule has 144 valence electrons. The second-order valence-corrected chi connectivity index (χ2v) is 7.50. The number of nitrogens with zero attached hydrogens (tertiary/aromatic N) is 1. The smallest absolute Gasteiger partial charge is 0.319 e. The summed E-state index contributed by atoms with van der Waals surface area (Å²) in [4.78, 5) is 15.0. The third-order valence-electron chi connectivity index (χ3n) is 5.61. The molecule has 1 aromatic carbocycles. The first-order valence-corrected chi connectivity index (χ1v) is 9.72. The van der Waals surface area contributed by atoms with Crippen LogP contribution in [0.25, 0.3) is 0 Å². The standard InChI is InChI=1S/C20H27F3N2O/c21-20(22,23)15-8-7-9-16(14-15)24-19(26)25(17-10-3-1-4-11-17)18-12-5-2-6-13-18/h7-9,14,17-18H,1-6,10-13H2,(H,24,26). The van der Waals surface area contributed by atoms with E-state index in [4.69, 9.17) is 0 Å². The first-order chi connectivity index (χ1) is 12.4. The molecule has 1 aromatic rings. The Balaban J connectivity index is 1.76. The van der Waals surface area contributed by atoms with Crippen LogP contribution in [0.15, 0.2) is 24.3 Å². The number of carbonyl (C=O) groups is 1. The van der Waals surface area contributed by atoms with E-state index in [1.54, 1.807) is 0 Å². The Morgan fingerprint density at radius 3 is 1.96 bits per heavy atom. The molecule has 0 aromatic heterocycles. The van der Waals surface area contributed by atoms with Gasteiger partial charge in [-0.3, -0.25) is 0 Å². The normalized spacial score (nSPS) is 20.0. The van der Waals surface area contributed by atoms with Crippen LogP contribution < -0.4 is 5.32 Å². The zero-order valence-electron chi connectivity index (χ0n) is 15.0. The fraction of sp³-hybridized carbons (Fsp3) is 0.650. The summed E-state index contributed by atoms with van der Waals surface area (Å²) >= 11 is 0. The Morgan fingerprint density at radius 1 is 0.923 bits per heavy atom. The molecule has 6 heteroatoms. The zero-order valence-corrected chi connectivity index (χ0v) is 15.0. The highest BCUT2D eigenvalue weighted by Crippen LogP contribution is 2.33. The number of benzene rings is 1. The maximum Gasteiger partial charge on any atom is 0.416 e. The molecule has 0 heterocycles. The summed E-state index contributed by atoms with van der Waals surface area (Å²) in [5.74, 6) is 0. The predicted octanol–water partition coefficient (Wildman–Crippen LogP) is 6.20. The van der Waals surface area contributed by atoms with E-state index in [2.05, 4.69) is 5.32 Å². The van der Waals surface area contributed by atoms with E-state index in [0.29, 0.717) is 0 Å². The van der Waals surface area contributed by atoms with Crippen LogP contribution in [0.1, 0.15) is 69.8 Å². The first-order valence-electron chi connectivity index (χ1n) is 9.72. The molecule has 26 heavy (non-hydrogen) atoms. The average molecular weight is 368 g/mol. The number of nitrogens with one attached hydrogen (secondary N) is 1. The van der Waals surface area contributed by atoms with Crippen LogP contribution in [0.5, 0.6) is 0 Å². The van der Waals surface area contributed by atoms with Crippen molar-refractivity contribution in [3.63, 3.8) is 0 Å². The van der Waals surface area contributed by atoms with Crippen molar-refractivity contribution in [1.82, 2.24) is 4.90 Å². The van der Waals surface area contributed by atoms with Crippen molar-refractivity contribution >= 4 is 11.7 Å². The lowest BCUT2D eigenvalue weighted by atomic mass is 9.89. The lowest BCUT2D eigenvalue weighted by Gasteiger charge is -2.41. The second kappa shape index (κ2) is 8.31. The molecule has 3 rings (SSSR count). The van der Waals surface area contributed by atoms with Crippen molar-refractivity contribution in [2.24, 2.45) is 0 Å². The van der Waals surface area contributed by atoms with Crippen LogP contribution >= 0.6 is 0 Å². The van der Waals surface area contributed by atoms with Gasteiger partial charge in [0.2, 0.25) is 0 Å². The van der Waals surface area contributed by atoms with Gasteiger partial charge in [-0.05, 0) is 43.9 Å². The van der Waals surface area contributed by atoms with E-state index >= 15 is 0 Å². The summed E-state index contributed by atoms with van der Waals surface area (Å²) in [6.45, 7) is 0. The number of hydrogen-bond acceptors (Lipinski definition) is 1. The maximum atomic E-state index is 13.0. The van der Waals surface area contributed by atoms with E-state index < -0.39 is 11.7 Å². The molecule has 0 saturated heterocycles. The Kier molecular flexibility index (Phi) is 6.09. The van der Waals surface area contributed by atoms with Gasteiger partial charge in [0, 0.05) is 17.8 Å². The van der Waals surface area contributed by atoms with Crippen LogP contribution in [0, 0.1) is 0 Å². The van der Waals surface area contributed by atoms with Crippen LogP contribution in [0.3, 0.4) is 0 Å². The van der Waals surface area contributed by atoms with Crippen LogP contribution in [0.2, 0.25) is 0 Å². The van der Waals surface area contributed by atoms with E-state index in [0.717, 1.165) is 63.5 Å². The highest BCUT2D eigenvalue weighted by Gasteiger charge is 2.33. The van der Waals surface area contributed by atoms with Crippen LogP contribution in [0.4, 0.5) is 23.7 Å². The minimum Gasteiger partial charge on any atom is -0.319 e. The number of hydrogen-bond donors (Lipinski definition) is 1. The quantitative estimate of drug-likeness (QED) is 0.676. The summed E-state index contributed by atoms with van der Waals surface area (Å²) in [5.41, 5.74) is -0.529. The molecule has 2 aliphatic rings. The molecule has 0 spiro atoms. The highest BCUT2D eigenvalue weighted by atomic mass is 19.4. The lowest BCUT2D eigenvalue weighted by Crippen LogP contribution is -2.50. The molecule has 2 amide bonds. The van der Waals surface area contributed by atoms with Gasteiger partial charge in [-0.2, -0.15) is 13.2 Å². The monoisotopic (exact) mass is 368 g/mol. The van der Waals surface area contributed by atoms with Gasteiger partial charge in [0.1, 0.15) is 0 Å². The van der Waals surface area contributed by atoms with E-state index in [9.17, 15) is 18.0 Å². The second-order valence-electron chi connectivity index (χ2n) is 7.50. The fourth-order valence-electron chi connectivity index (χ4n) is 4.31. The Labute approximate surface area is 152 Å². The van der Waals surface area contributed by atoms with Crippen molar-refractivity contribution < 1.29 is 18.0 Å². The van der Waals surface area contributed by atoms with E-state index in [-0.39, 0.29) is 23.8 Å². The van der Waals surface area contributed by atoms with Crippen molar-refractivity contribution in [1.29, 1.82) is 0 Å². The van der Waals surface area contributed by atoms with Crippen molar-refractivity contribution in [3.05, 3.63) is 29.8 Å². The van der Waals surface area contributed by atoms with E-state index in [1.807, 2.05) is 4.90 Å². The summed E-state index contributed by atoms with van der Waals surface area (Å²) < 4.78 is 38.8. The van der Waals surface area contributed by atoms with Gasteiger partial charge in [-0.15, -0.1) is 0 Å². The predicted molar refractivity (Wildman–Crippen MR) is 96.0 cm³/mol. The van der Waals surface area contributed by atoms with Gasteiger partial charge in [0.25, 0.3) is 0 Å². The number of amides is 2. The molecule has 2 saturated carbocycles. The van der Waals surface area contributed by atoms with Crippen molar-refractivity contribution in [2.45, 2.75) is 82.5 Å². The molecular weight excluding hydrogens is 341 g/mol. The molecule has 2 aliphatic carbocycles. The third-order valence-corrected chi connectivity index (χ3v) is 5.61. The third kappa shape index (κ3) is 4.71. The average Bonchev–Trinajstić information content (AvgIpc) is 2.63. The molecule has 1 N–H and O–H groups in total. The number of urea groups is 1. The molecule has 2 fully saturated rings. The molecule has 0 radical (unpaired) electrons. The van der Waals surface area contributed by atoms with Gasteiger partial charge in [-0.25, -0.2) is 4.79 Å². The molecule has 0 bridgehead atoms. The Morgan fingerprint density at radius 2 is 1.46 bits per heavy atom. The van der Waals surface area contributed by atoms with Gasteiger partial charge >= 0.3 is 12.2 Å². The number of carbonyl (C=O) groups excluding carboxylic acids is 1. The lowest BCUT2D eigenvalue weighted by molar-refractivity contribution is -0.137. The van der Waals surface area contributed by atoms with Gasteiger partial charge in [0.15, 0.2) is 0 Å². The molecule has 0 unspecified atom stereocenters. The number of anilines is 1. The Hall–Kier alpha value is -1.72.